The quantitative estimate of drug-likeness (QED) is 0.603. The molecule has 0 spiro atoms. The molecule has 0 radical (unpaired) electrons. The summed E-state index contributed by atoms with van der Waals surface area (Å²) in [4.78, 5) is 11.8. The molecule has 0 aromatic heterocycles. The van der Waals surface area contributed by atoms with Crippen molar-refractivity contribution in [1.82, 2.24) is 0 Å². The Balaban J connectivity index is 1.95. The first-order chi connectivity index (χ1) is 9.19. The molecule has 0 aliphatic rings. The zero-order valence-corrected chi connectivity index (χ0v) is 12.4. The normalized spacial score (nSPS) is 10.2. The number of halogens is 2. The predicted molar refractivity (Wildman–Crippen MR) is 79.3 cm³/mol. The second kappa shape index (κ2) is 6.73. The summed E-state index contributed by atoms with van der Waals surface area (Å²) >= 11 is 9.05. The number of esters is 1. The van der Waals surface area contributed by atoms with Gasteiger partial charge < -0.3 is 4.74 Å². The van der Waals surface area contributed by atoms with E-state index in [1.807, 2.05) is 36.4 Å². The summed E-state index contributed by atoms with van der Waals surface area (Å²) in [7, 11) is 0. The summed E-state index contributed by atoms with van der Waals surface area (Å²) in [6.45, 7) is 0.267. The molecule has 0 heterocycles. The van der Waals surface area contributed by atoms with Crippen LogP contribution in [0.25, 0.3) is 0 Å². The smallest absolute Gasteiger partial charge is 0.338 e. The number of benzene rings is 2. The van der Waals surface area contributed by atoms with Crippen molar-refractivity contribution >= 4 is 33.5 Å². The van der Waals surface area contributed by atoms with Gasteiger partial charge in [-0.15, -0.1) is 11.6 Å². The zero-order chi connectivity index (χ0) is 13.7. The molecule has 2 rings (SSSR count). The Morgan fingerprint density at radius 1 is 1.00 bits per heavy atom. The molecule has 0 saturated heterocycles. The molecule has 4 heteroatoms. The molecule has 2 aromatic carbocycles. The molecule has 19 heavy (non-hydrogen) atoms. The van der Waals surface area contributed by atoms with E-state index in [2.05, 4.69) is 15.9 Å². The third kappa shape index (κ3) is 4.08. The van der Waals surface area contributed by atoms with Gasteiger partial charge in [0.15, 0.2) is 0 Å². The van der Waals surface area contributed by atoms with Crippen molar-refractivity contribution in [3.05, 3.63) is 69.7 Å². The average molecular weight is 340 g/mol. The van der Waals surface area contributed by atoms with Gasteiger partial charge in [0.05, 0.1) is 5.56 Å². The van der Waals surface area contributed by atoms with Gasteiger partial charge in [0, 0.05) is 10.4 Å². The van der Waals surface area contributed by atoms with Gasteiger partial charge in [-0.25, -0.2) is 4.79 Å². The fourth-order valence-electron chi connectivity index (χ4n) is 1.54. The van der Waals surface area contributed by atoms with Crippen molar-refractivity contribution < 1.29 is 9.53 Å². The van der Waals surface area contributed by atoms with Crippen LogP contribution in [0.4, 0.5) is 0 Å². The van der Waals surface area contributed by atoms with E-state index in [0.717, 1.165) is 15.6 Å². The fourth-order valence-corrected chi connectivity index (χ4v) is 1.99. The maximum absolute atomic E-state index is 11.8. The first-order valence-corrected chi connectivity index (χ1v) is 7.08. The minimum absolute atomic E-state index is 0.267. The molecule has 98 valence electrons. The summed E-state index contributed by atoms with van der Waals surface area (Å²) in [5.74, 6) is 0.109. The lowest BCUT2D eigenvalue weighted by Crippen LogP contribution is -2.05. The van der Waals surface area contributed by atoms with Gasteiger partial charge in [0.1, 0.15) is 6.61 Å². The van der Waals surface area contributed by atoms with Crippen LogP contribution in [0.2, 0.25) is 0 Å². The van der Waals surface area contributed by atoms with Crippen LogP contribution >= 0.6 is 27.5 Å². The first kappa shape index (κ1) is 14.1. The highest BCUT2D eigenvalue weighted by molar-refractivity contribution is 9.10. The van der Waals surface area contributed by atoms with E-state index < -0.39 is 0 Å². The Morgan fingerprint density at radius 3 is 2.16 bits per heavy atom. The molecule has 0 unspecified atom stereocenters. The Labute approximate surface area is 125 Å². The van der Waals surface area contributed by atoms with Gasteiger partial charge in [-0.2, -0.15) is 0 Å². The van der Waals surface area contributed by atoms with Crippen molar-refractivity contribution in [2.45, 2.75) is 12.5 Å². The predicted octanol–water partition coefficient (Wildman–Crippen LogP) is 4.54. The number of carbonyl (C=O) groups is 1. The van der Waals surface area contributed by atoms with Crippen LogP contribution in [0.15, 0.2) is 53.0 Å². The van der Waals surface area contributed by atoms with Gasteiger partial charge in [-0.1, -0.05) is 40.2 Å². The Bertz CT molecular complexity index is 549. The molecule has 0 aliphatic heterocycles. The number of hydrogen-bond donors (Lipinski definition) is 0. The molecule has 0 bridgehead atoms. The summed E-state index contributed by atoms with van der Waals surface area (Å²) < 4.78 is 6.24. The van der Waals surface area contributed by atoms with Gasteiger partial charge >= 0.3 is 5.97 Å². The Hall–Kier alpha value is -1.32. The number of alkyl halides is 1. The van der Waals surface area contributed by atoms with Crippen LogP contribution in [0.3, 0.4) is 0 Å². The molecule has 2 nitrogen and oxygen atoms in total. The minimum atomic E-state index is -0.330. The van der Waals surface area contributed by atoms with Crippen LogP contribution in [0.5, 0.6) is 0 Å². The lowest BCUT2D eigenvalue weighted by molar-refractivity contribution is 0.0472. The highest BCUT2D eigenvalue weighted by atomic mass is 79.9. The lowest BCUT2D eigenvalue weighted by atomic mass is 10.1. The summed E-state index contributed by atoms with van der Waals surface area (Å²) in [5.41, 5.74) is 2.46. The van der Waals surface area contributed by atoms with Crippen molar-refractivity contribution in [3.63, 3.8) is 0 Å². The Kier molecular flexibility index (Phi) is 5.00. The van der Waals surface area contributed by atoms with Crippen LogP contribution < -0.4 is 0 Å². The van der Waals surface area contributed by atoms with E-state index in [-0.39, 0.29) is 12.6 Å². The highest BCUT2D eigenvalue weighted by Gasteiger charge is 2.07. The molecule has 0 fully saturated rings. The van der Waals surface area contributed by atoms with E-state index in [9.17, 15) is 4.79 Å². The second-order valence-corrected chi connectivity index (χ2v) is 5.22. The molecule has 0 saturated carbocycles. The van der Waals surface area contributed by atoms with Crippen LogP contribution in [-0.4, -0.2) is 5.97 Å². The van der Waals surface area contributed by atoms with E-state index >= 15 is 0 Å². The minimum Gasteiger partial charge on any atom is -0.457 e. The molecule has 0 atom stereocenters. The SMILES string of the molecule is O=C(OCc1ccc(Br)cc1)c1ccc(CCl)cc1. The molecule has 2 aromatic rings. The first-order valence-electron chi connectivity index (χ1n) is 5.75. The zero-order valence-electron chi connectivity index (χ0n) is 10.1. The molecular weight excluding hydrogens is 328 g/mol. The summed E-state index contributed by atoms with van der Waals surface area (Å²) in [6, 6.07) is 14.7. The van der Waals surface area contributed by atoms with Crippen molar-refractivity contribution in [2.75, 3.05) is 0 Å². The standard InChI is InChI=1S/C15H12BrClO2/c16-14-7-3-12(4-8-14)10-19-15(18)13-5-1-11(9-17)2-6-13/h1-8H,9-10H2. The maximum atomic E-state index is 11.8. The number of carbonyl (C=O) groups excluding carboxylic acids is 1. The van der Waals surface area contributed by atoms with E-state index in [0.29, 0.717) is 11.4 Å². The van der Waals surface area contributed by atoms with Crippen LogP contribution in [-0.2, 0) is 17.2 Å². The topological polar surface area (TPSA) is 26.3 Å². The summed E-state index contributed by atoms with van der Waals surface area (Å²) in [5, 5.41) is 0. The van der Waals surface area contributed by atoms with Crippen molar-refractivity contribution in [1.29, 1.82) is 0 Å². The molecule has 0 N–H and O–H groups in total. The second-order valence-electron chi connectivity index (χ2n) is 4.03. The van der Waals surface area contributed by atoms with Crippen molar-refractivity contribution in [3.8, 4) is 0 Å². The van der Waals surface area contributed by atoms with Crippen molar-refractivity contribution in [2.24, 2.45) is 0 Å². The summed E-state index contributed by atoms with van der Waals surface area (Å²) in [6.07, 6.45) is 0. The van der Waals surface area contributed by atoms with Gasteiger partial charge in [0.25, 0.3) is 0 Å². The molecule has 0 aliphatic carbocycles. The Morgan fingerprint density at radius 2 is 1.58 bits per heavy atom. The van der Waals surface area contributed by atoms with E-state index in [4.69, 9.17) is 16.3 Å². The number of ether oxygens (including phenoxy) is 1. The monoisotopic (exact) mass is 338 g/mol. The maximum Gasteiger partial charge on any atom is 0.338 e. The van der Waals surface area contributed by atoms with Crippen LogP contribution in [0.1, 0.15) is 21.5 Å². The highest BCUT2D eigenvalue weighted by Crippen LogP contribution is 2.13. The number of rotatable bonds is 4. The van der Waals surface area contributed by atoms with Gasteiger partial charge in [0.2, 0.25) is 0 Å². The van der Waals surface area contributed by atoms with E-state index in [1.165, 1.54) is 0 Å². The van der Waals surface area contributed by atoms with Crippen LogP contribution in [0, 0.1) is 0 Å². The van der Waals surface area contributed by atoms with E-state index in [1.54, 1.807) is 12.1 Å². The molecule has 0 amide bonds. The van der Waals surface area contributed by atoms with Gasteiger partial charge in [-0.3, -0.25) is 0 Å². The fraction of sp³-hybridized carbons (Fsp3) is 0.133. The third-order valence-corrected chi connectivity index (χ3v) is 3.46. The van der Waals surface area contributed by atoms with Gasteiger partial charge in [-0.05, 0) is 35.4 Å². The lowest BCUT2D eigenvalue weighted by Gasteiger charge is -2.05. The largest absolute Gasteiger partial charge is 0.457 e. The molecular formula is C15H12BrClO2. The number of hydrogen-bond acceptors (Lipinski definition) is 2. The third-order valence-electron chi connectivity index (χ3n) is 2.63. The average Bonchev–Trinajstić information content (AvgIpc) is 2.46.